The summed E-state index contributed by atoms with van der Waals surface area (Å²) in [5, 5.41) is 11.3. The van der Waals surface area contributed by atoms with Crippen LogP contribution >= 0.6 is 0 Å². The first-order valence-corrected chi connectivity index (χ1v) is 5.31. The second kappa shape index (κ2) is 5.84. The summed E-state index contributed by atoms with van der Waals surface area (Å²) in [6, 6.07) is 0. The van der Waals surface area contributed by atoms with E-state index in [4.69, 9.17) is 5.11 Å². The Hall–Kier alpha value is -1.10. The molecule has 1 unspecified atom stereocenters. The van der Waals surface area contributed by atoms with Gasteiger partial charge >= 0.3 is 5.97 Å². The van der Waals surface area contributed by atoms with Crippen LogP contribution in [0.2, 0.25) is 0 Å². The Labute approximate surface area is 96.8 Å². The van der Waals surface area contributed by atoms with E-state index in [0.29, 0.717) is 6.54 Å². The lowest BCUT2D eigenvalue weighted by Crippen LogP contribution is -2.42. The molecule has 2 N–H and O–H groups in total. The SMILES string of the molecule is CC(C(=O)O)C(=O)NCC(C)(C)CN(C)C. The Balaban J connectivity index is 4.14. The lowest BCUT2D eigenvalue weighted by atomic mass is 9.92. The summed E-state index contributed by atoms with van der Waals surface area (Å²) in [7, 11) is 3.92. The Morgan fingerprint density at radius 1 is 1.38 bits per heavy atom. The number of hydrogen-bond donors (Lipinski definition) is 2. The highest BCUT2D eigenvalue weighted by Crippen LogP contribution is 2.14. The van der Waals surface area contributed by atoms with Crippen LogP contribution in [0, 0.1) is 11.3 Å². The average Bonchev–Trinajstić information content (AvgIpc) is 2.10. The number of nitrogens with zero attached hydrogens (tertiary/aromatic N) is 1. The summed E-state index contributed by atoms with van der Waals surface area (Å²) in [5.41, 5.74) is -0.0720. The molecule has 5 heteroatoms. The quantitative estimate of drug-likeness (QED) is 0.648. The molecule has 0 saturated heterocycles. The maximum atomic E-state index is 11.4. The van der Waals surface area contributed by atoms with Gasteiger partial charge in [0.05, 0.1) is 0 Å². The molecule has 0 aromatic heterocycles. The number of amides is 1. The zero-order valence-corrected chi connectivity index (χ0v) is 10.7. The van der Waals surface area contributed by atoms with E-state index >= 15 is 0 Å². The summed E-state index contributed by atoms with van der Waals surface area (Å²) in [6.07, 6.45) is 0. The topological polar surface area (TPSA) is 69.6 Å². The highest BCUT2D eigenvalue weighted by molar-refractivity contribution is 5.96. The number of rotatable bonds is 6. The first-order valence-electron chi connectivity index (χ1n) is 5.31. The van der Waals surface area contributed by atoms with Gasteiger partial charge in [-0.1, -0.05) is 13.8 Å². The Bertz CT molecular complexity index is 262. The third-order valence-electron chi connectivity index (χ3n) is 2.25. The number of carboxylic acids is 1. The van der Waals surface area contributed by atoms with E-state index in [9.17, 15) is 9.59 Å². The monoisotopic (exact) mass is 230 g/mol. The van der Waals surface area contributed by atoms with Crippen molar-refractivity contribution in [3.63, 3.8) is 0 Å². The molecule has 0 aliphatic carbocycles. The zero-order chi connectivity index (χ0) is 12.9. The lowest BCUT2D eigenvalue weighted by Gasteiger charge is -2.28. The van der Waals surface area contributed by atoms with Crippen molar-refractivity contribution in [1.29, 1.82) is 0 Å². The molecule has 0 fully saturated rings. The number of hydrogen-bond acceptors (Lipinski definition) is 3. The fourth-order valence-corrected chi connectivity index (χ4v) is 1.50. The molecule has 0 bridgehead atoms. The molecule has 0 heterocycles. The van der Waals surface area contributed by atoms with Crippen molar-refractivity contribution in [3.8, 4) is 0 Å². The number of carbonyl (C=O) groups excluding carboxylic acids is 1. The van der Waals surface area contributed by atoms with Crippen molar-refractivity contribution in [1.82, 2.24) is 10.2 Å². The fraction of sp³-hybridized carbons (Fsp3) is 0.818. The molecular formula is C11H22N2O3. The van der Waals surface area contributed by atoms with Crippen LogP contribution in [0.1, 0.15) is 20.8 Å². The molecule has 0 aromatic rings. The Kier molecular flexibility index (Phi) is 5.44. The van der Waals surface area contributed by atoms with Crippen molar-refractivity contribution >= 4 is 11.9 Å². The number of carboxylic acid groups (broad SMARTS) is 1. The van der Waals surface area contributed by atoms with Crippen LogP contribution in [0.3, 0.4) is 0 Å². The van der Waals surface area contributed by atoms with E-state index in [2.05, 4.69) is 5.32 Å². The van der Waals surface area contributed by atoms with E-state index in [1.54, 1.807) is 0 Å². The van der Waals surface area contributed by atoms with Gasteiger partial charge in [0, 0.05) is 13.1 Å². The van der Waals surface area contributed by atoms with Gasteiger partial charge in [-0.15, -0.1) is 0 Å². The van der Waals surface area contributed by atoms with Crippen molar-refractivity contribution in [3.05, 3.63) is 0 Å². The number of nitrogens with one attached hydrogen (secondary N) is 1. The largest absolute Gasteiger partial charge is 0.481 e. The molecule has 0 aliphatic heterocycles. The minimum absolute atomic E-state index is 0.0720. The van der Waals surface area contributed by atoms with Crippen molar-refractivity contribution in [2.75, 3.05) is 27.2 Å². The van der Waals surface area contributed by atoms with Crippen LogP contribution in [-0.4, -0.2) is 49.1 Å². The van der Waals surface area contributed by atoms with Gasteiger partial charge in [0.1, 0.15) is 5.92 Å². The van der Waals surface area contributed by atoms with Gasteiger partial charge in [-0.05, 0) is 26.4 Å². The van der Waals surface area contributed by atoms with Crippen molar-refractivity contribution < 1.29 is 14.7 Å². The maximum Gasteiger partial charge on any atom is 0.315 e. The zero-order valence-electron chi connectivity index (χ0n) is 10.7. The molecule has 1 atom stereocenters. The van der Waals surface area contributed by atoms with Gasteiger partial charge in [-0.25, -0.2) is 0 Å². The second-order valence-corrected chi connectivity index (χ2v) is 5.18. The number of carbonyl (C=O) groups is 2. The van der Waals surface area contributed by atoms with Crippen LogP contribution < -0.4 is 5.32 Å². The predicted octanol–water partition coefficient (Wildman–Crippen LogP) is 0.411. The summed E-state index contributed by atoms with van der Waals surface area (Å²) in [6.45, 7) is 6.74. The predicted molar refractivity (Wildman–Crippen MR) is 62.1 cm³/mol. The maximum absolute atomic E-state index is 11.4. The minimum Gasteiger partial charge on any atom is -0.481 e. The van der Waals surface area contributed by atoms with E-state index in [1.165, 1.54) is 6.92 Å². The van der Waals surface area contributed by atoms with Gasteiger partial charge in [0.2, 0.25) is 5.91 Å². The van der Waals surface area contributed by atoms with Gasteiger partial charge in [0.15, 0.2) is 0 Å². The van der Waals surface area contributed by atoms with Crippen LogP contribution in [0.5, 0.6) is 0 Å². The highest BCUT2D eigenvalue weighted by atomic mass is 16.4. The average molecular weight is 230 g/mol. The molecule has 5 nitrogen and oxygen atoms in total. The first-order chi connectivity index (χ1) is 7.15. The second-order valence-electron chi connectivity index (χ2n) is 5.18. The lowest BCUT2D eigenvalue weighted by molar-refractivity contribution is -0.146. The standard InChI is InChI=1S/C11H22N2O3/c1-8(10(15)16)9(14)12-6-11(2,3)7-13(4)5/h8H,6-7H2,1-5H3,(H,12,14)(H,15,16). The highest BCUT2D eigenvalue weighted by Gasteiger charge is 2.24. The van der Waals surface area contributed by atoms with Gasteiger partial charge in [0.25, 0.3) is 0 Å². The third-order valence-corrected chi connectivity index (χ3v) is 2.25. The minimum atomic E-state index is -1.09. The molecule has 0 spiro atoms. The molecule has 0 aromatic carbocycles. The third kappa shape index (κ3) is 5.70. The van der Waals surface area contributed by atoms with Gasteiger partial charge < -0.3 is 15.3 Å². The summed E-state index contributed by atoms with van der Waals surface area (Å²) >= 11 is 0. The van der Waals surface area contributed by atoms with Crippen LogP contribution in [0.4, 0.5) is 0 Å². The number of aliphatic carboxylic acids is 1. The Morgan fingerprint density at radius 2 is 1.88 bits per heavy atom. The smallest absolute Gasteiger partial charge is 0.315 e. The van der Waals surface area contributed by atoms with Gasteiger partial charge in [-0.2, -0.15) is 0 Å². The molecule has 0 radical (unpaired) electrons. The van der Waals surface area contributed by atoms with Crippen LogP contribution in [-0.2, 0) is 9.59 Å². The van der Waals surface area contributed by atoms with E-state index in [1.807, 2.05) is 32.8 Å². The molecule has 16 heavy (non-hydrogen) atoms. The molecule has 1 amide bonds. The molecule has 0 aliphatic rings. The van der Waals surface area contributed by atoms with E-state index in [-0.39, 0.29) is 5.41 Å². The normalized spacial score (nSPS) is 13.6. The summed E-state index contributed by atoms with van der Waals surface area (Å²) in [5.74, 6) is -2.52. The van der Waals surface area contributed by atoms with Crippen LogP contribution in [0.15, 0.2) is 0 Å². The molecular weight excluding hydrogens is 208 g/mol. The molecule has 0 saturated carbocycles. The van der Waals surface area contributed by atoms with Crippen molar-refractivity contribution in [2.24, 2.45) is 11.3 Å². The van der Waals surface area contributed by atoms with Crippen molar-refractivity contribution in [2.45, 2.75) is 20.8 Å². The Morgan fingerprint density at radius 3 is 2.25 bits per heavy atom. The fourth-order valence-electron chi connectivity index (χ4n) is 1.50. The summed E-state index contributed by atoms with van der Waals surface area (Å²) < 4.78 is 0. The summed E-state index contributed by atoms with van der Waals surface area (Å²) in [4.78, 5) is 24.0. The first kappa shape index (κ1) is 14.9. The van der Waals surface area contributed by atoms with Gasteiger partial charge in [-0.3, -0.25) is 9.59 Å². The van der Waals surface area contributed by atoms with Crippen LogP contribution in [0.25, 0.3) is 0 Å². The van der Waals surface area contributed by atoms with E-state index in [0.717, 1.165) is 6.54 Å². The molecule has 94 valence electrons. The molecule has 0 rings (SSSR count). The van der Waals surface area contributed by atoms with E-state index < -0.39 is 17.8 Å².